The van der Waals surface area contributed by atoms with Gasteiger partial charge in [0.05, 0.1) is 6.10 Å². The van der Waals surface area contributed by atoms with Crippen LogP contribution in [0.5, 0.6) is 5.75 Å². The van der Waals surface area contributed by atoms with Crippen LogP contribution in [0, 0.1) is 34.9 Å². The van der Waals surface area contributed by atoms with Gasteiger partial charge in [-0.3, -0.25) is 9.59 Å². The summed E-state index contributed by atoms with van der Waals surface area (Å²) in [4.78, 5) is 25.6. The van der Waals surface area contributed by atoms with Crippen molar-refractivity contribution in [3.05, 3.63) is 66.0 Å². The number of carbonyl (C=O) groups excluding carboxylic acids is 2. The topological polar surface area (TPSA) is 87.7 Å². The molecule has 4 rings (SSSR count). The van der Waals surface area contributed by atoms with E-state index in [1.807, 2.05) is 37.3 Å². The Morgan fingerprint density at radius 1 is 1.11 bits per heavy atom. The van der Waals surface area contributed by atoms with Gasteiger partial charge < -0.3 is 20.5 Å². The van der Waals surface area contributed by atoms with Gasteiger partial charge in [0.25, 0.3) is 5.91 Å². The molecule has 7 atom stereocenters. The molecular weight excluding hydrogens is 471 g/mol. The maximum absolute atomic E-state index is 13.2. The molecule has 2 aliphatic rings. The number of halogens is 1. The van der Waals surface area contributed by atoms with E-state index in [4.69, 9.17) is 4.74 Å². The van der Waals surface area contributed by atoms with E-state index in [9.17, 15) is 19.1 Å². The molecule has 2 aromatic rings. The summed E-state index contributed by atoms with van der Waals surface area (Å²) < 4.78 is 18.8. The van der Waals surface area contributed by atoms with Gasteiger partial charge in [-0.05, 0) is 78.7 Å². The number of rotatable bonds is 8. The number of para-hydroxylation sites is 1. The first-order valence-electron chi connectivity index (χ1n) is 13.4. The number of ether oxygens (including phenoxy) is 1. The van der Waals surface area contributed by atoms with E-state index in [0.29, 0.717) is 12.3 Å². The van der Waals surface area contributed by atoms with Crippen LogP contribution in [0.2, 0.25) is 0 Å². The van der Waals surface area contributed by atoms with Crippen LogP contribution in [0.3, 0.4) is 0 Å². The third kappa shape index (κ3) is 6.32. The largest absolute Gasteiger partial charge is 0.484 e. The van der Waals surface area contributed by atoms with Gasteiger partial charge >= 0.3 is 0 Å². The zero-order valence-corrected chi connectivity index (χ0v) is 22.0. The molecule has 2 aromatic carbocycles. The fraction of sp³-hybridized carbons (Fsp3) is 0.533. The van der Waals surface area contributed by atoms with Crippen LogP contribution in [0.4, 0.5) is 4.39 Å². The second-order valence-corrected chi connectivity index (χ2v) is 11.2. The number of benzene rings is 2. The Kier molecular flexibility index (Phi) is 8.53. The zero-order valence-electron chi connectivity index (χ0n) is 22.0. The predicted octanol–water partition coefficient (Wildman–Crippen LogP) is 4.47. The molecule has 0 unspecified atom stereocenters. The van der Waals surface area contributed by atoms with Crippen LogP contribution in [0.15, 0.2) is 54.6 Å². The van der Waals surface area contributed by atoms with Crippen molar-refractivity contribution >= 4 is 11.8 Å². The SMILES string of the molecule is C[C@H]1[C@@H]2[C@@H](O)[C@H]([C@H](C)C(=O)NCc3ccc(F)cc3)CC[C@@]2(C)CC[C@@H]1NC(=O)COc1ccccc1. The summed E-state index contributed by atoms with van der Waals surface area (Å²) >= 11 is 0. The minimum absolute atomic E-state index is 0.0207. The van der Waals surface area contributed by atoms with Gasteiger partial charge in [0.2, 0.25) is 5.91 Å². The Hall–Kier alpha value is -2.93. The maximum Gasteiger partial charge on any atom is 0.258 e. The number of fused-ring (bicyclic) bond motifs is 1. The first-order valence-corrected chi connectivity index (χ1v) is 13.4. The fourth-order valence-electron chi connectivity index (χ4n) is 6.56. The molecule has 37 heavy (non-hydrogen) atoms. The van der Waals surface area contributed by atoms with Crippen molar-refractivity contribution in [2.75, 3.05) is 6.61 Å². The lowest BCUT2D eigenvalue weighted by molar-refractivity contribution is -0.144. The summed E-state index contributed by atoms with van der Waals surface area (Å²) in [5.74, 6) is -0.413. The minimum atomic E-state index is -0.638. The highest BCUT2D eigenvalue weighted by Gasteiger charge is 2.53. The number of nitrogens with one attached hydrogen (secondary N) is 2. The lowest BCUT2D eigenvalue weighted by Crippen LogP contribution is -2.58. The van der Waals surface area contributed by atoms with E-state index >= 15 is 0 Å². The Labute approximate surface area is 219 Å². The number of hydrogen-bond donors (Lipinski definition) is 3. The first-order chi connectivity index (χ1) is 17.7. The van der Waals surface area contributed by atoms with E-state index in [1.54, 1.807) is 12.1 Å². The molecule has 6 nitrogen and oxygen atoms in total. The molecule has 2 saturated carbocycles. The monoisotopic (exact) mass is 510 g/mol. The van der Waals surface area contributed by atoms with Gasteiger partial charge in [0.15, 0.2) is 6.61 Å². The van der Waals surface area contributed by atoms with Crippen molar-refractivity contribution in [2.24, 2.45) is 29.1 Å². The summed E-state index contributed by atoms with van der Waals surface area (Å²) in [5, 5.41) is 17.7. The lowest BCUT2D eigenvalue weighted by Gasteiger charge is -2.56. The molecule has 7 heteroatoms. The summed E-state index contributed by atoms with van der Waals surface area (Å²) in [5.41, 5.74) is 0.802. The van der Waals surface area contributed by atoms with Gasteiger partial charge in [-0.25, -0.2) is 4.39 Å². The van der Waals surface area contributed by atoms with Crippen LogP contribution < -0.4 is 15.4 Å². The Bertz CT molecular complexity index is 1060. The average Bonchev–Trinajstić information content (AvgIpc) is 2.89. The van der Waals surface area contributed by atoms with Gasteiger partial charge in [-0.2, -0.15) is 0 Å². The zero-order chi connectivity index (χ0) is 26.6. The lowest BCUT2D eigenvalue weighted by atomic mass is 9.51. The summed E-state index contributed by atoms with van der Waals surface area (Å²) in [6.07, 6.45) is 2.86. The quantitative estimate of drug-likeness (QED) is 0.489. The maximum atomic E-state index is 13.2. The number of aliphatic hydroxyl groups excluding tert-OH is 1. The van der Waals surface area contributed by atoms with Crippen molar-refractivity contribution < 1.29 is 23.8 Å². The molecule has 3 N–H and O–H groups in total. The van der Waals surface area contributed by atoms with Gasteiger partial charge in [0, 0.05) is 18.5 Å². The van der Waals surface area contributed by atoms with Crippen LogP contribution in [0.25, 0.3) is 0 Å². The molecule has 2 amide bonds. The highest BCUT2D eigenvalue weighted by Crippen LogP contribution is 2.55. The van der Waals surface area contributed by atoms with Gasteiger partial charge in [0.1, 0.15) is 11.6 Å². The average molecular weight is 511 g/mol. The molecular formula is C30H39FN2O4. The molecule has 0 bridgehead atoms. The van der Waals surface area contributed by atoms with Crippen molar-refractivity contribution in [3.8, 4) is 5.75 Å². The van der Waals surface area contributed by atoms with Crippen LogP contribution in [0.1, 0.15) is 52.0 Å². The number of aliphatic hydroxyl groups is 1. The van der Waals surface area contributed by atoms with E-state index in [1.165, 1.54) is 12.1 Å². The van der Waals surface area contributed by atoms with Crippen molar-refractivity contribution in [1.29, 1.82) is 0 Å². The molecule has 0 aliphatic heterocycles. The first kappa shape index (κ1) is 27.1. The Morgan fingerprint density at radius 3 is 2.49 bits per heavy atom. The number of hydrogen-bond acceptors (Lipinski definition) is 4. The fourth-order valence-corrected chi connectivity index (χ4v) is 6.56. The van der Waals surface area contributed by atoms with Crippen molar-refractivity contribution in [1.82, 2.24) is 10.6 Å². The molecule has 200 valence electrons. The van der Waals surface area contributed by atoms with E-state index < -0.39 is 6.10 Å². The Morgan fingerprint density at radius 2 is 1.78 bits per heavy atom. The molecule has 0 heterocycles. The van der Waals surface area contributed by atoms with Crippen LogP contribution in [-0.2, 0) is 16.1 Å². The standard InChI is InChI=1S/C30H39FN2O4/c1-19(29(36)32-17-21-9-11-22(31)12-10-21)24-13-15-30(3)16-14-25(20(2)27(30)28(24)35)33-26(34)18-37-23-7-5-4-6-8-23/h4-12,19-20,24-25,27-28,35H,13-18H2,1-3H3,(H,32,36)(H,33,34)/t19-,20+,24-,25-,27+,28-,30-/m0/s1. The van der Waals surface area contributed by atoms with Crippen molar-refractivity contribution in [3.63, 3.8) is 0 Å². The van der Waals surface area contributed by atoms with Crippen LogP contribution >= 0.6 is 0 Å². The molecule has 0 radical (unpaired) electrons. The molecule has 2 fully saturated rings. The summed E-state index contributed by atoms with van der Waals surface area (Å²) in [6, 6.07) is 15.3. The highest BCUT2D eigenvalue weighted by atomic mass is 19.1. The van der Waals surface area contributed by atoms with Crippen molar-refractivity contribution in [2.45, 2.75) is 65.1 Å². The van der Waals surface area contributed by atoms with E-state index in [-0.39, 0.29) is 59.4 Å². The summed E-state index contributed by atoms with van der Waals surface area (Å²) in [7, 11) is 0. The second-order valence-electron chi connectivity index (χ2n) is 11.2. The Balaban J connectivity index is 1.35. The third-order valence-corrected chi connectivity index (χ3v) is 8.78. The van der Waals surface area contributed by atoms with E-state index in [0.717, 1.165) is 31.2 Å². The van der Waals surface area contributed by atoms with Gasteiger partial charge in [-0.1, -0.05) is 51.1 Å². The summed E-state index contributed by atoms with van der Waals surface area (Å²) in [6.45, 7) is 6.50. The molecule has 0 saturated heterocycles. The molecule has 0 spiro atoms. The second kappa shape index (κ2) is 11.6. The molecule has 0 aromatic heterocycles. The normalized spacial score (nSPS) is 30.0. The van der Waals surface area contributed by atoms with Crippen LogP contribution in [-0.4, -0.2) is 35.7 Å². The third-order valence-electron chi connectivity index (χ3n) is 8.78. The van der Waals surface area contributed by atoms with E-state index in [2.05, 4.69) is 24.5 Å². The number of carbonyl (C=O) groups is 2. The predicted molar refractivity (Wildman–Crippen MR) is 140 cm³/mol. The number of amides is 2. The smallest absolute Gasteiger partial charge is 0.258 e. The minimum Gasteiger partial charge on any atom is -0.484 e. The highest BCUT2D eigenvalue weighted by molar-refractivity contribution is 5.79. The van der Waals surface area contributed by atoms with Gasteiger partial charge in [-0.15, -0.1) is 0 Å². The molecule has 2 aliphatic carbocycles.